The van der Waals surface area contributed by atoms with Crippen molar-refractivity contribution in [1.29, 1.82) is 0 Å². The van der Waals surface area contributed by atoms with E-state index in [0.717, 1.165) is 13.2 Å². The fourth-order valence-electron chi connectivity index (χ4n) is 2.40. The molecule has 2 atom stereocenters. The van der Waals surface area contributed by atoms with Crippen molar-refractivity contribution < 1.29 is 4.74 Å². The molecule has 0 saturated carbocycles. The third kappa shape index (κ3) is 3.46. The largest absolute Gasteiger partial charge is 0.378 e. The third-order valence-corrected chi connectivity index (χ3v) is 3.72. The van der Waals surface area contributed by atoms with Gasteiger partial charge in [0.2, 0.25) is 0 Å². The predicted octanol–water partition coefficient (Wildman–Crippen LogP) is 2.97. The molecule has 1 aliphatic heterocycles. The minimum atomic E-state index is 0.403. The molecule has 15 heavy (non-hydrogen) atoms. The van der Waals surface area contributed by atoms with Crippen LogP contribution in [0, 0.1) is 5.41 Å². The van der Waals surface area contributed by atoms with Crippen LogP contribution in [-0.2, 0) is 4.74 Å². The summed E-state index contributed by atoms with van der Waals surface area (Å²) in [5, 5.41) is 3.59. The van der Waals surface area contributed by atoms with E-state index in [-0.39, 0.29) is 0 Å². The molecule has 0 aromatic carbocycles. The number of ether oxygens (including phenoxy) is 1. The zero-order valence-electron chi connectivity index (χ0n) is 10.8. The monoisotopic (exact) mass is 213 g/mol. The highest BCUT2D eigenvalue weighted by Crippen LogP contribution is 2.39. The van der Waals surface area contributed by atoms with Gasteiger partial charge in [-0.25, -0.2) is 0 Å². The Balaban J connectivity index is 2.51. The Morgan fingerprint density at radius 3 is 2.67 bits per heavy atom. The van der Waals surface area contributed by atoms with Crippen LogP contribution in [-0.4, -0.2) is 25.3 Å². The lowest BCUT2D eigenvalue weighted by Gasteiger charge is -2.33. The lowest BCUT2D eigenvalue weighted by molar-refractivity contribution is 0.0563. The van der Waals surface area contributed by atoms with Crippen LogP contribution in [0.25, 0.3) is 0 Å². The van der Waals surface area contributed by atoms with Crippen LogP contribution < -0.4 is 5.32 Å². The van der Waals surface area contributed by atoms with Crippen molar-refractivity contribution in [2.45, 2.75) is 65.5 Å². The molecule has 0 aromatic rings. The maximum absolute atomic E-state index is 5.76. The van der Waals surface area contributed by atoms with Gasteiger partial charge < -0.3 is 10.1 Å². The number of hydrogen-bond acceptors (Lipinski definition) is 2. The molecule has 0 amide bonds. The highest BCUT2D eigenvalue weighted by atomic mass is 16.5. The molecule has 1 heterocycles. The second kappa shape index (κ2) is 5.86. The maximum atomic E-state index is 5.76. The summed E-state index contributed by atoms with van der Waals surface area (Å²) in [5.41, 5.74) is 0.403. The third-order valence-electron chi connectivity index (χ3n) is 3.72. The first kappa shape index (κ1) is 13.0. The summed E-state index contributed by atoms with van der Waals surface area (Å²) < 4.78 is 5.76. The quantitative estimate of drug-likeness (QED) is 0.732. The summed E-state index contributed by atoms with van der Waals surface area (Å²) in [7, 11) is 0. The van der Waals surface area contributed by atoms with E-state index in [1.807, 2.05) is 0 Å². The van der Waals surface area contributed by atoms with Crippen LogP contribution in [0.4, 0.5) is 0 Å². The molecule has 2 unspecified atom stereocenters. The van der Waals surface area contributed by atoms with Gasteiger partial charge in [-0.2, -0.15) is 0 Å². The van der Waals surface area contributed by atoms with Crippen LogP contribution >= 0.6 is 0 Å². The first-order chi connectivity index (χ1) is 7.10. The lowest BCUT2D eigenvalue weighted by Crippen LogP contribution is -2.41. The highest BCUT2D eigenvalue weighted by molar-refractivity contribution is 4.91. The Kier molecular flexibility index (Phi) is 5.07. The van der Waals surface area contributed by atoms with E-state index < -0.39 is 0 Å². The van der Waals surface area contributed by atoms with Gasteiger partial charge in [-0.3, -0.25) is 0 Å². The fourth-order valence-corrected chi connectivity index (χ4v) is 2.40. The van der Waals surface area contributed by atoms with Crippen LogP contribution in [0.5, 0.6) is 0 Å². The summed E-state index contributed by atoms with van der Waals surface area (Å²) in [6.07, 6.45) is 5.58. The average Bonchev–Trinajstić information content (AvgIpc) is 2.55. The maximum Gasteiger partial charge on any atom is 0.0616 e. The molecule has 1 N–H and O–H groups in total. The van der Waals surface area contributed by atoms with Crippen molar-refractivity contribution in [2.24, 2.45) is 5.41 Å². The summed E-state index contributed by atoms with van der Waals surface area (Å²) >= 11 is 0. The smallest absolute Gasteiger partial charge is 0.0616 e. The number of rotatable bonds is 6. The van der Waals surface area contributed by atoms with Gasteiger partial charge in [-0.05, 0) is 19.8 Å². The van der Waals surface area contributed by atoms with E-state index in [0.29, 0.717) is 17.6 Å². The van der Waals surface area contributed by atoms with E-state index >= 15 is 0 Å². The second-order valence-corrected chi connectivity index (χ2v) is 5.26. The number of unbranched alkanes of at least 4 members (excludes halogenated alkanes) is 1. The van der Waals surface area contributed by atoms with Crippen LogP contribution in [0.3, 0.4) is 0 Å². The molecule has 1 aliphatic rings. The van der Waals surface area contributed by atoms with E-state index in [2.05, 4.69) is 33.0 Å². The summed E-state index contributed by atoms with van der Waals surface area (Å²) in [6, 6.07) is 0.580. The van der Waals surface area contributed by atoms with Gasteiger partial charge in [0.25, 0.3) is 0 Å². The van der Waals surface area contributed by atoms with Gasteiger partial charge in [0.05, 0.1) is 6.10 Å². The molecule has 0 bridgehead atoms. The van der Waals surface area contributed by atoms with Crippen LogP contribution in [0.1, 0.15) is 53.4 Å². The van der Waals surface area contributed by atoms with E-state index in [1.54, 1.807) is 0 Å². The lowest BCUT2D eigenvalue weighted by atomic mass is 9.77. The zero-order chi connectivity index (χ0) is 11.3. The molecule has 0 spiro atoms. The Bertz CT molecular complexity index is 181. The molecule has 0 radical (unpaired) electrons. The highest BCUT2D eigenvalue weighted by Gasteiger charge is 2.40. The second-order valence-electron chi connectivity index (χ2n) is 5.26. The van der Waals surface area contributed by atoms with Gasteiger partial charge in [-0.1, -0.05) is 33.6 Å². The summed E-state index contributed by atoms with van der Waals surface area (Å²) in [5.74, 6) is 0. The molecule has 90 valence electrons. The van der Waals surface area contributed by atoms with Crippen molar-refractivity contribution in [3.05, 3.63) is 0 Å². The summed E-state index contributed by atoms with van der Waals surface area (Å²) in [6.45, 7) is 11.0. The fraction of sp³-hybridized carbons (Fsp3) is 1.00. The van der Waals surface area contributed by atoms with Crippen LogP contribution in [0.2, 0.25) is 0 Å². The van der Waals surface area contributed by atoms with Gasteiger partial charge in [0.15, 0.2) is 0 Å². The molecular formula is C13H27NO. The first-order valence-corrected chi connectivity index (χ1v) is 6.46. The van der Waals surface area contributed by atoms with Crippen molar-refractivity contribution in [3.8, 4) is 0 Å². The van der Waals surface area contributed by atoms with Crippen LogP contribution in [0.15, 0.2) is 0 Å². The topological polar surface area (TPSA) is 21.3 Å². The minimum absolute atomic E-state index is 0.403. The van der Waals surface area contributed by atoms with Crippen molar-refractivity contribution in [1.82, 2.24) is 5.32 Å². The van der Waals surface area contributed by atoms with E-state index in [4.69, 9.17) is 4.74 Å². The van der Waals surface area contributed by atoms with Crippen molar-refractivity contribution >= 4 is 0 Å². The van der Waals surface area contributed by atoms with Gasteiger partial charge in [0, 0.05) is 24.6 Å². The van der Waals surface area contributed by atoms with Crippen molar-refractivity contribution in [3.63, 3.8) is 0 Å². The van der Waals surface area contributed by atoms with E-state index in [9.17, 15) is 0 Å². The molecule has 2 nitrogen and oxygen atoms in total. The van der Waals surface area contributed by atoms with E-state index in [1.165, 1.54) is 25.7 Å². The Hall–Kier alpha value is -0.0800. The van der Waals surface area contributed by atoms with Crippen molar-refractivity contribution in [2.75, 3.05) is 13.2 Å². The molecule has 1 saturated heterocycles. The molecule has 1 rings (SSSR count). The standard InChI is InChI=1S/C13H27NO/c1-5-6-7-13(10-14-11(2)3)8-9-15-12(13)4/h11-12,14H,5-10H2,1-4H3. The average molecular weight is 213 g/mol. The molecule has 0 aromatic heterocycles. The molecular weight excluding hydrogens is 186 g/mol. The zero-order valence-corrected chi connectivity index (χ0v) is 10.8. The Labute approximate surface area is 94.8 Å². The Morgan fingerprint density at radius 2 is 2.20 bits per heavy atom. The molecule has 0 aliphatic carbocycles. The minimum Gasteiger partial charge on any atom is -0.378 e. The van der Waals surface area contributed by atoms with Gasteiger partial charge >= 0.3 is 0 Å². The normalized spacial score (nSPS) is 31.4. The number of hydrogen-bond donors (Lipinski definition) is 1. The SMILES string of the molecule is CCCCC1(CNC(C)C)CCOC1C. The molecule has 2 heteroatoms. The van der Waals surface area contributed by atoms with Gasteiger partial charge in [-0.15, -0.1) is 0 Å². The Morgan fingerprint density at radius 1 is 1.47 bits per heavy atom. The number of nitrogens with one attached hydrogen (secondary N) is 1. The summed E-state index contributed by atoms with van der Waals surface area (Å²) in [4.78, 5) is 0. The molecule has 1 fully saturated rings. The first-order valence-electron chi connectivity index (χ1n) is 6.46. The predicted molar refractivity (Wildman–Crippen MR) is 65.1 cm³/mol. The van der Waals surface area contributed by atoms with Gasteiger partial charge in [0.1, 0.15) is 0 Å².